The van der Waals surface area contributed by atoms with E-state index < -0.39 is 0 Å². The molecule has 0 saturated carbocycles. The molecule has 0 saturated heterocycles. The van der Waals surface area contributed by atoms with Crippen molar-refractivity contribution in [2.45, 2.75) is 0 Å². The molecule has 0 aliphatic rings. The molecule has 5 heteroatoms. The molecule has 0 fully saturated rings. The highest BCUT2D eigenvalue weighted by Crippen LogP contribution is 1.80. The predicted molar refractivity (Wildman–Crippen MR) is 22.2 cm³/mol. The van der Waals surface area contributed by atoms with Crippen LogP contribution in [0.1, 0.15) is 0 Å². The van der Waals surface area contributed by atoms with Gasteiger partial charge in [-0.3, -0.25) is 0 Å². The van der Waals surface area contributed by atoms with Gasteiger partial charge in [-0.2, -0.15) is 5.53 Å². The standard InChI is InChI=1S/C2H6N3O2/c1-7-2-5(6)4-3/h3H,2H2,1H3/q-1. The number of rotatable bonds is 3. The number of methoxy groups -OCH3 is 1. The fourth-order valence-corrected chi connectivity index (χ4v) is 0.139. The maximum Gasteiger partial charge on any atom is 0.124 e. The van der Waals surface area contributed by atoms with Crippen molar-refractivity contribution in [3.63, 3.8) is 0 Å². The van der Waals surface area contributed by atoms with Crippen LogP contribution in [0.3, 0.4) is 0 Å². The first-order valence-electron chi connectivity index (χ1n) is 1.62. The Morgan fingerprint density at radius 2 is 2.57 bits per heavy atom. The summed E-state index contributed by atoms with van der Waals surface area (Å²) in [6.45, 7) is -0.177. The van der Waals surface area contributed by atoms with Gasteiger partial charge in [0.1, 0.15) is 6.73 Å². The van der Waals surface area contributed by atoms with Crippen LogP contribution in [0.25, 0.3) is 0 Å². The topological polar surface area (TPSA) is 71.7 Å². The van der Waals surface area contributed by atoms with E-state index in [-0.39, 0.29) is 11.9 Å². The SMILES string of the molecule is COCN([O-])N=N. The summed E-state index contributed by atoms with van der Waals surface area (Å²) in [6.07, 6.45) is 0. The summed E-state index contributed by atoms with van der Waals surface area (Å²) in [5.74, 6) is 0. The molecule has 0 aromatic rings. The fraction of sp³-hybridized carbons (Fsp3) is 1.00. The highest BCUT2D eigenvalue weighted by Gasteiger charge is 1.75. The molecule has 0 spiro atoms. The Kier molecular flexibility index (Phi) is 3.17. The van der Waals surface area contributed by atoms with E-state index in [1.54, 1.807) is 0 Å². The molecule has 0 rings (SSSR count). The van der Waals surface area contributed by atoms with E-state index in [9.17, 15) is 5.21 Å². The Morgan fingerprint density at radius 1 is 2.00 bits per heavy atom. The first-order valence-corrected chi connectivity index (χ1v) is 1.62. The van der Waals surface area contributed by atoms with E-state index in [1.165, 1.54) is 7.11 Å². The molecule has 0 aliphatic heterocycles. The smallest absolute Gasteiger partial charge is 0.124 e. The number of nitrogens with zero attached hydrogens (tertiary/aromatic N) is 2. The van der Waals surface area contributed by atoms with Crippen LogP contribution in [0.4, 0.5) is 0 Å². The van der Waals surface area contributed by atoms with Crippen LogP contribution >= 0.6 is 0 Å². The molecule has 0 atom stereocenters. The third kappa shape index (κ3) is 3.14. The zero-order valence-corrected chi connectivity index (χ0v) is 3.92. The van der Waals surface area contributed by atoms with Crippen molar-refractivity contribution in [1.82, 2.24) is 5.17 Å². The Morgan fingerprint density at radius 3 is 2.71 bits per heavy atom. The number of hydrogen-bond donors (Lipinski definition) is 1. The number of hydroxylamine groups is 1. The zero-order chi connectivity index (χ0) is 5.70. The second-order valence-electron chi connectivity index (χ2n) is 0.870. The highest BCUT2D eigenvalue weighted by atomic mass is 16.6. The summed E-state index contributed by atoms with van der Waals surface area (Å²) in [5, 5.41) is 12.5. The number of hydrogen-bond acceptors (Lipinski definition) is 4. The summed E-state index contributed by atoms with van der Waals surface area (Å²) < 4.78 is 4.29. The van der Waals surface area contributed by atoms with Gasteiger partial charge in [0, 0.05) is 7.11 Å². The number of ether oxygens (including phenoxy) is 1. The molecule has 0 amide bonds. The van der Waals surface area contributed by atoms with E-state index in [4.69, 9.17) is 5.53 Å². The van der Waals surface area contributed by atoms with Crippen LogP contribution in [0.15, 0.2) is 5.22 Å². The Balaban J connectivity index is 2.98. The minimum absolute atomic E-state index is 0.125. The fourth-order valence-electron chi connectivity index (χ4n) is 0.139. The van der Waals surface area contributed by atoms with Crippen molar-refractivity contribution < 1.29 is 4.74 Å². The van der Waals surface area contributed by atoms with Crippen LogP contribution in [0.5, 0.6) is 0 Å². The van der Waals surface area contributed by atoms with E-state index in [1.807, 2.05) is 0 Å². The summed E-state index contributed by atoms with van der Waals surface area (Å²) in [7, 11) is 1.36. The third-order valence-electron chi connectivity index (χ3n) is 0.351. The van der Waals surface area contributed by atoms with Crippen LogP contribution in [0, 0.1) is 10.7 Å². The van der Waals surface area contributed by atoms with E-state index in [0.717, 1.165) is 0 Å². The highest BCUT2D eigenvalue weighted by molar-refractivity contribution is 4.32. The lowest BCUT2D eigenvalue weighted by Crippen LogP contribution is -2.09. The van der Waals surface area contributed by atoms with Gasteiger partial charge >= 0.3 is 0 Å². The molecule has 0 radical (unpaired) electrons. The molecular formula is C2H6N3O2-. The lowest BCUT2D eigenvalue weighted by Gasteiger charge is -2.18. The molecule has 7 heavy (non-hydrogen) atoms. The maximum absolute atomic E-state index is 9.85. The van der Waals surface area contributed by atoms with Gasteiger partial charge in [0.25, 0.3) is 0 Å². The van der Waals surface area contributed by atoms with Crippen molar-refractivity contribution >= 4 is 0 Å². The summed E-state index contributed by atoms with van der Waals surface area (Å²) >= 11 is 0. The molecular weight excluding hydrogens is 98.0 g/mol. The maximum atomic E-state index is 9.85. The van der Waals surface area contributed by atoms with Crippen molar-refractivity contribution in [1.29, 1.82) is 5.53 Å². The zero-order valence-electron chi connectivity index (χ0n) is 3.92. The van der Waals surface area contributed by atoms with Crippen LogP contribution < -0.4 is 0 Å². The predicted octanol–water partition coefficient (Wildman–Crippen LogP) is 0.336. The molecule has 0 bridgehead atoms. The van der Waals surface area contributed by atoms with Crippen molar-refractivity contribution in [2.75, 3.05) is 13.8 Å². The summed E-state index contributed by atoms with van der Waals surface area (Å²) in [4.78, 5) is 0. The largest absolute Gasteiger partial charge is 0.739 e. The van der Waals surface area contributed by atoms with E-state index in [0.29, 0.717) is 0 Å². The first kappa shape index (κ1) is 6.32. The molecule has 0 unspecified atom stereocenters. The summed E-state index contributed by atoms with van der Waals surface area (Å²) in [6, 6.07) is 0. The molecule has 0 aliphatic carbocycles. The molecule has 0 aromatic carbocycles. The first-order chi connectivity index (χ1) is 3.31. The van der Waals surface area contributed by atoms with Crippen molar-refractivity contribution in [2.24, 2.45) is 5.22 Å². The molecule has 0 aromatic heterocycles. The van der Waals surface area contributed by atoms with E-state index in [2.05, 4.69) is 9.96 Å². The van der Waals surface area contributed by atoms with Crippen molar-refractivity contribution in [3.8, 4) is 0 Å². The van der Waals surface area contributed by atoms with Crippen LogP contribution in [0.2, 0.25) is 0 Å². The normalized spacial score (nSPS) is 8.29. The van der Waals surface area contributed by atoms with Gasteiger partial charge in [0.05, 0.1) is 0 Å². The van der Waals surface area contributed by atoms with Gasteiger partial charge < -0.3 is 15.1 Å². The average molecular weight is 104 g/mol. The summed E-state index contributed by atoms with van der Waals surface area (Å²) in [5.41, 5.74) is 6.07. The Labute approximate surface area is 40.9 Å². The second kappa shape index (κ2) is 3.51. The Hall–Kier alpha value is -0.680. The monoisotopic (exact) mass is 104 g/mol. The Bertz CT molecular complexity index is 56.9. The van der Waals surface area contributed by atoms with Crippen LogP contribution in [-0.2, 0) is 4.74 Å². The molecule has 1 N–H and O–H groups in total. The number of nitrogens with one attached hydrogen (secondary N) is 1. The van der Waals surface area contributed by atoms with Gasteiger partial charge in [-0.05, 0) is 0 Å². The minimum atomic E-state index is -0.177. The second-order valence-corrected chi connectivity index (χ2v) is 0.870. The third-order valence-corrected chi connectivity index (χ3v) is 0.351. The molecule has 5 nitrogen and oxygen atoms in total. The lowest BCUT2D eigenvalue weighted by molar-refractivity contribution is 0.0907. The molecule has 42 valence electrons. The lowest BCUT2D eigenvalue weighted by atomic mass is 11.3. The average Bonchev–Trinajstić information content (AvgIpc) is 1.68. The van der Waals surface area contributed by atoms with Gasteiger partial charge in [-0.1, -0.05) is 5.22 Å². The van der Waals surface area contributed by atoms with Gasteiger partial charge in [0.15, 0.2) is 0 Å². The quantitative estimate of drug-likeness (QED) is 0.318. The van der Waals surface area contributed by atoms with Gasteiger partial charge in [-0.25, -0.2) is 0 Å². The van der Waals surface area contributed by atoms with Gasteiger partial charge in [-0.15, -0.1) is 0 Å². The minimum Gasteiger partial charge on any atom is -0.739 e. The van der Waals surface area contributed by atoms with Crippen molar-refractivity contribution in [3.05, 3.63) is 5.21 Å². The molecule has 0 heterocycles. The van der Waals surface area contributed by atoms with E-state index >= 15 is 0 Å². The van der Waals surface area contributed by atoms with Crippen LogP contribution in [-0.4, -0.2) is 19.0 Å². The van der Waals surface area contributed by atoms with Gasteiger partial charge in [0.2, 0.25) is 0 Å².